The standard InChI is InChI=1S/C18H20F2N2O/c19-15-5-3-4-14(12-15)18(23)13-21-8-10-22(11-9-21)17-7-2-1-6-16(17)20/h1-7,12,18,23H,8-11,13H2/t18-/m1/s1. The van der Waals surface area contributed by atoms with Gasteiger partial charge in [0, 0.05) is 32.7 Å². The zero-order valence-corrected chi connectivity index (χ0v) is 12.8. The largest absolute Gasteiger partial charge is 0.387 e. The van der Waals surface area contributed by atoms with Crippen molar-refractivity contribution in [2.24, 2.45) is 0 Å². The highest BCUT2D eigenvalue weighted by Crippen LogP contribution is 2.21. The summed E-state index contributed by atoms with van der Waals surface area (Å²) in [7, 11) is 0. The van der Waals surface area contributed by atoms with Crippen molar-refractivity contribution in [1.82, 2.24) is 4.90 Å². The predicted molar refractivity (Wildman–Crippen MR) is 86.4 cm³/mol. The van der Waals surface area contributed by atoms with E-state index in [0.717, 1.165) is 13.1 Å². The van der Waals surface area contributed by atoms with Crippen LogP contribution in [0.25, 0.3) is 0 Å². The first-order valence-electron chi connectivity index (χ1n) is 7.79. The van der Waals surface area contributed by atoms with E-state index >= 15 is 0 Å². The summed E-state index contributed by atoms with van der Waals surface area (Å²) >= 11 is 0. The molecule has 0 saturated carbocycles. The van der Waals surface area contributed by atoms with E-state index in [9.17, 15) is 13.9 Å². The SMILES string of the molecule is O[C@H](CN1CCN(c2ccccc2F)CC1)c1cccc(F)c1. The van der Waals surface area contributed by atoms with Gasteiger partial charge in [-0.05, 0) is 29.8 Å². The highest BCUT2D eigenvalue weighted by molar-refractivity contribution is 5.48. The van der Waals surface area contributed by atoms with Gasteiger partial charge in [0.25, 0.3) is 0 Å². The fourth-order valence-corrected chi connectivity index (χ4v) is 2.94. The van der Waals surface area contributed by atoms with E-state index in [1.807, 2.05) is 11.0 Å². The van der Waals surface area contributed by atoms with Crippen LogP contribution >= 0.6 is 0 Å². The zero-order chi connectivity index (χ0) is 16.2. The summed E-state index contributed by atoms with van der Waals surface area (Å²) in [4.78, 5) is 4.13. The molecule has 0 radical (unpaired) electrons. The molecular weight excluding hydrogens is 298 g/mol. The summed E-state index contributed by atoms with van der Waals surface area (Å²) in [6.07, 6.45) is -0.717. The van der Waals surface area contributed by atoms with Gasteiger partial charge in [0.1, 0.15) is 11.6 Å². The number of anilines is 1. The third kappa shape index (κ3) is 3.86. The van der Waals surface area contributed by atoms with Crippen LogP contribution in [0.5, 0.6) is 0 Å². The van der Waals surface area contributed by atoms with Crippen LogP contribution in [0, 0.1) is 11.6 Å². The minimum absolute atomic E-state index is 0.208. The Morgan fingerprint density at radius 3 is 2.39 bits per heavy atom. The summed E-state index contributed by atoms with van der Waals surface area (Å²) in [6, 6.07) is 12.8. The minimum atomic E-state index is -0.717. The number of hydrogen-bond donors (Lipinski definition) is 1. The number of rotatable bonds is 4. The molecule has 0 spiro atoms. The summed E-state index contributed by atoms with van der Waals surface area (Å²) in [5, 5.41) is 10.2. The molecule has 1 heterocycles. The Balaban J connectivity index is 1.56. The Kier molecular flexibility index (Phi) is 4.88. The molecule has 1 atom stereocenters. The Hall–Kier alpha value is -1.98. The van der Waals surface area contributed by atoms with Crippen molar-refractivity contribution < 1.29 is 13.9 Å². The Morgan fingerprint density at radius 2 is 1.70 bits per heavy atom. The lowest BCUT2D eigenvalue weighted by molar-refractivity contribution is 0.109. The molecule has 1 N–H and O–H groups in total. The van der Waals surface area contributed by atoms with Crippen molar-refractivity contribution in [3.8, 4) is 0 Å². The Labute approximate surface area is 134 Å². The first-order chi connectivity index (χ1) is 11.1. The molecule has 0 unspecified atom stereocenters. The number of nitrogens with zero attached hydrogens (tertiary/aromatic N) is 2. The maximum Gasteiger partial charge on any atom is 0.146 e. The number of aliphatic hydroxyl groups is 1. The summed E-state index contributed by atoms with van der Waals surface area (Å²) in [5.41, 5.74) is 1.21. The molecule has 2 aromatic rings. The maximum atomic E-state index is 13.8. The fraction of sp³-hybridized carbons (Fsp3) is 0.333. The van der Waals surface area contributed by atoms with Gasteiger partial charge in [-0.1, -0.05) is 24.3 Å². The average molecular weight is 318 g/mol. The first-order valence-corrected chi connectivity index (χ1v) is 7.79. The van der Waals surface area contributed by atoms with Gasteiger partial charge < -0.3 is 10.0 Å². The average Bonchev–Trinajstić information content (AvgIpc) is 2.56. The van der Waals surface area contributed by atoms with Crippen molar-refractivity contribution >= 4 is 5.69 Å². The van der Waals surface area contributed by atoms with Gasteiger partial charge in [0.15, 0.2) is 0 Å². The molecule has 0 aliphatic carbocycles. The van der Waals surface area contributed by atoms with Gasteiger partial charge >= 0.3 is 0 Å². The summed E-state index contributed by atoms with van der Waals surface area (Å²) in [5.74, 6) is -0.549. The summed E-state index contributed by atoms with van der Waals surface area (Å²) in [6.45, 7) is 3.34. The topological polar surface area (TPSA) is 26.7 Å². The molecule has 0 aromatic heterocycles. The molecule has 1 aliphatic heterocycles. The van der Waals surface area contributed by atoms with Crippen LogP contribution in [0.4, 0.5) is 14.5 Å². The van der Waals surface area contributed by atoms with Crippen LogP contribution in [0.1, 0.15) is 11.7 Å². The molecule has 1 fully saturated rings. The van der Waals surface area contributed by atoms with E-state index in [2.05, 4.69) is 4.90 Å². The van der Waals surface area contributed by atoms with Crippen molar-refractivity contribution in [2.75, 3.05) is 37.6 Å². The second-order valence-electron chi connectivity index (χ2n) is 5.81. The third-order valence-corrected chi connectivity index (χ3v) is 4.23. The molecule has 3 nitrogen and oxygen atoms in total. The van der Waals surface area contributed by atoms with Gasteiger partial charge in [-0.3, -0.25) is 4.90 Å². The second kappa shape index (κ2) is 7.06. The van der Waals surface area contributed by atoms with Gasteiger partial charge in [-0.25, -0.2) is 8.78 Å². The number of benzene rings is 2. The first kappa shape index (κ1) is 15.9. The van der Waals surface area contributed by atoms with Crippen molar-refractivity contribution in [1.29, 1.82) is 0 Å². The van der Waals surface area contributed by atoms with Crippen LogP contribution in [-0.2, 0) is 0 Å². The normalized spacial score (nSPS) is 17.3. The van der Waals surface area contributed by atoms with E-state index in [4.69, 9.17) is 0 Å². The fourth-order valence-electron chi connectivity index (χ4n) is 2.94. The quantitative estimate of drug-likeness (QED) is 0.939. The van der Waals surface area contributed by atoms with Crippen LogP contribution in [0.2, 0.25) is 0 Å². The molecule has 122 valence electrons. The molecule has 0 amide bonds. The molecule has 2 aromatic carbocycles. The Bertz CT molecular complexity index is 657. The lowest BCUT2D eigenvalue weighted by Gasteiger charge is -2.37. The van der Waals surface area contributed by atoms with E-state index < -0.39 is 6.10 Å². The van der Waals surface area contributed by atoms with Crippen LogP contribution in [0.3, 0.4) is 0 Å². The van der Waals surface area contributed by atoms with Crippen LogP contribution < -0.4 is 4.90 Å². The lowest BCUT2D eigenvalue weighted by atomic mass is 10.1. The number of halogens is 2. The van der Waals surface area contributed by atoms with Gasteiger partial charge in [0.05, 0.1) is 11.8 Å². The van der Waals surface area contributed by atoms with Gasteiger partial charge in [-0.15, -0.1) is 0 Å². The van der Waals surface area contributed by atoms with E-state index in [-0.39, 0.29) is 11.6 Å². The zero-order valence-electron chi connectivity index (χ0n) is 12.8. The highest BCUT2D eigenvalue weighted by atomic mass is 19.1. The Morgan fingerprint density at radius 1 is 0.957 bits per heavy atom. The van der Waals surface area contributed by atoms with E-state index in [0.29, 0.717) is 30.9 Å². The highest BCUT2D eigenvalue weighted by Gasteiger charge is 2.21. The van der Waals surface area contributed by atoms with E-state index in [1.54, 1.807) is 24.3 Å². The van der Waals surface area contributed by atoms with E-state index in [1.165, 1.54) is 18.2 Å². The predicted octanol–water partition coefficient (Wildman–Crippen LogP) is 2.82. The van der Waals surface area contributed by atoms with Crippen LogP contribution in [0.15, 0.2) is 48.5 Å². The second-order valence-corrected chi connectivity index (χ2v) is 5.81. The number of para-hydroxylation sites is 1. The minimum Gasteiger partial charge on any atom is -0.387 e. The maximum absolute atomic E-state index is 13.8. The van der Waals surface area contributed by atoms with Gasteiger partial charge in [-0.2, -0.15) is 0 Å². The molecule has 23 heavy (non-hydrogen) atoms. The smallest absolute Gasteiger partial charge is 0.146 e. The molecule has 1 aliphatic rings. The monoisotopic (exact) mass is 318 g/mol. The number of aliphatic hydroxyl groups excluding tert-OH is 1. The van der Waals surface area contributed by atoms with Crippen molar-refractivity contribution in [3.63, 3.8) is 0 Å². The number of piperazine rings is 1. The third-order valence-electron chi connectivity index (χ3n) is 4.23. The molecule has 1 saturated heterocycles. The molecule has 0 bridgehead atoms. The van der Waals surface area contributed by atoms with Crippen molar-refractivity contribution in [2.45, 2.75) is 6.10 Å². The molecule has 5 heteroatoms. The number of β-amino-alcohol motifs (C(OH)–C–C–N with tert-alkyl or cyclic N) is 1. The molecular formula is C18H20F2N2O. The van der Waals surface area contributed by atoms with Gasteiger partial charge in [0.2, 0.25) is 0 Å². The van der Waals surface area contributed by atoms with Crippen LogP contribution in [-0.4, -0.2) is 42.7 Å². The molecule has 3 rings (SSSR count). The number of hydrogen-bond acceptors (Lipinski definition) is 3. The lowest BCUT2D eigenvalue weighted by Crippen LogP contribution is -2.47. The van der Waals surface area contributed by atoms with Crippen molar-refractivity contribution in [3.05, 3.63) is 65.7 Å². The summed E-state index contributed by atoms with van der Waals surface area (Å²) < 4.78 is 27.0.